The monoisotopic (exact) mass is 429 g/mol. The van der Waals surface area contributed by atoms with Gasteiger partial charge in [0.15, 0.2) is 5.75 Å². The molecule has 1 saturated heterocycles. The Kier molecular flexibility index (Phi) is 6.28. The third kappa shape index (κ3) is 4.86. The molecular weight excluding hydrogens is 406 g/mol. The van der Waals surface area contributed by atoms with Crippen molar-refractivity contribution in [3.8, 4) is 5.75 Å². The largest absolute Gasteiger partial charge is 0.489 e. The number of thiocarbonyl (C=S) groups is 1. The Morgan fingerprint density at radius 2 is 1.97 bits per heavy atom. The van der Waals surface area contributed by atoms with Crippen LogP contribution in [0, 0.1) is 6.92 Å². The van der Waals surface area contributed by atoms with Crippen LogP contribution in [0.1, 0.15) is 17.7 Å². The van der Waals surface area contributed by atoms with Crippen LogP contribution in [-0.2, 0) is 0 Å². The van der Waals surface area contributed by atoms with E-state index in [0.29, 0.717) is 41.0 Å². The topological polar surface area (TPSA) is 53.0 Å². The molecule has 3 heterocycles. The highest BCUT2D eigenvalue weighted by Gasteiger charge is 2.22. The second-order valence-corrected chi connectivity index (χ2v) is 8.16. The van der Waals surface area contributed by atoms with Crippen LogP contribution in [-0.4, -0.2) is 59.9 Å². The summed E-state index contributed by atoms with van der Waals surface area (Å²) in [6.45, 7) is 7.27. The van der Waals surface area contributed by atoms with Gasteiger partial charge in [-0.25, -0.2) is 0 Å². The van der Waals surface area contributed by atoms with Gasteiger partial charge in [-0.2, -0.15) is 5.10 Å². The van der Waals surface area contributed by atoms with E-state index in [2.05, 4.69) is 56.5 Å². The number of ether oxygens (including phenoxy) is 1. The minimum atomic E-state index is 0.534. The first kappa shape index (κ1) is 20.1. The van der Waals surface area contributed by atoms with Crippen LogP contribution in [0.15, 0.2) is 41.6 Å². The standard InChI is InChI=1S/C21H24ClN5OS/c1-15-2-4-16(5-3-15)27-11-9-26(10-12-27)14-19(29)25-24-18-7-13-28-21-17(22)6-8-23-20(18)21/h2-6,8H,7,9-14H2,1H3,(H,25,29)/b24-18-. The van der Waals surface area contributed by atoms with Gasteiger partial charge in [0.1, 0.15) is 10.7 Å². The molecule has 1 aromatic heterocycles. The molecule has 0 amide bonds. The zero-order valence-electron chi connectivity index (χ0n) is 16.4. The van der Waals surface area contributed by atoms with Gasteiger partial charge in [-0.05, 0) is 25.1 Å². The summed E-state index contributed by atoms with van der Waals surface area (Å²) in [6, 6.07) is 10.4. The molecule has 1 fully saturated rings. The van der Waals surface area contributed by atoms with E-state index < -0.39 is 0 Å². The maximum absolute atomic E-state index is 6.19. The highest BCUT2D eigenvalue weighted by atomic mass is 35.5. The van der Waals surface area contributed by atoms with Gasteiger partial charge in [0.2, 0.25) is 0 Å². The number of anilines is 1. The molecule has 0 bridgehead atoms. The zero-order valence-corrected chi connectivity index (χ0v) is 18.0. The van der Waals surface area contributed by atoms with Crippen molar-refractivity contribution in [3.05, 3.63) is 52.8 Å². The predicted octanol–water partition coefficient (Wildman–Crippen LogP) is 3.27. The van der Waals surface area contributed by atoms with E-state index in [1.165, 1.54) is 11.3 Å². The Hall–Kier alpha value is -2.22. The summed E-state index contributed by atoms with van der Waals surface area (Å²) < 4.78 is 5.62. The van der Waals surface area contributed by atoms with E-state index in [-0.39, 0.29) is 0 Å². The summed E-state index contributed by atoms with van der Waals surface area (Å²) in [5, 5.41) is 5.04. The van der Waals surface area contributed by atoms with Crippen molar-refractivity contribution in [1.29, 1.82) is 0 Å². The number of piperazine rings is 1. The number of hydrogen-bond acceptors (Lipinski definition) is 6. The minimum Gasteiger partial charge on any atom is -0.489 e. The molecular formula is C21H24ClN5OS. The van der Waals surface area contributed by atoms with Crippen LogP contribution < -0.4 is 15.1 Å². The zero-order chi connectivity index (χ0) is 20.2. The van der Waals surface area contributed by atoms with Crippen molar-refractivity contribution < 1.29 is 4.74 Å². The highest BCUT2D eigenvalue weighted by Crippen LogP contribution is 2.30. The average Bonchev–Trinajstić information content (AvgIpc) is 2.74. The first-order valence-corrected chi connectivity index (χ1v) is 10.6. The van der Waals surface area contributed by atoms with E-state index in [1.807, 2.05) is 0 Å². The number of fused-ring (bicyclic) bond motifs is 1. The van der Waals surface area contributed by atoms with Gasteiger partial charge in [-0.15, -0.1) is 0 Å². The molecule has 4 rings (SSSR count). The fraction of sp³-hybridized carbons (Fsp3) is 0.381. The summed E-state index contributed by atoms with van der Waals surface area (Å²) in [5.41, 5.74) is 7.11. The number of aromatic nitrogens is 1. The second-order valence-electron chi connectivity index (χ2n) is 7.26. The van der Waals surface area contributed by atoms with Crippen molar-refractivity contribution >= 4 is 40.2 Å². The van der Waals surface area contributed by atoms with E-state index in [4.69, 9.17) is 28.6 Å². The van der Waals surface area contributed by atoms with Gasteiger partial charge in [0, 0.05) is 44.5 Å². The van der Waals surface area contributed by atoms with Gasteiger partial charge >= 0.3 is 0 Å². The molecule has 2 aromatic rings. The maximum Gasteiger partial charge on any atom is 0.165 e. The van der Waals surface area contributed by atoms with Gasteiger partial charge in [0.25, 0.3) is 0 Å². The first-order chi connectivity index (χ1) is 14.1. The fourth-order valence-corrected chi connectivity index (χ4v) is 3.96. The number of hydrazone groups is 1. The Morgan fingerprint density at radius 1 is 1.21 bits per heavy atom. The van der Waals surface area contributed by atoms with E-state index in [0.717, 1.165) is 31.9 Å². The number of halogens is 1. The molecule has 1 aromatic carbocycles. The van der Waals surface area contributed by atoms with E-state index >= 15 is 0 Å². The normalized spacial score (nSPS) is 18.3. The molecule has 0 atom stereocenters. The molecule has 0 saturated carbocycles. The number of pyridine rings is 1. The van der Waals surface area contributed by atoms with Gasteiger partial charge < -0.3 is 9.64 Å². The molecule has 8 heteroatoms. The van der Waals surface area contributed by atoms with Gasteiger partial charge in [-0.1, -0.05) is 41.5 Å². The molecule has 6 nitrogen and oxygen atoms in total. The summed E-state index contributed by atoms with van der Waals surface area (Å²) in [7, 11) is 0. The summed E-state index contributed by atoms with van der Waals surface area (Å²) in [4.78, 5) is 9.84. The smallest absolute Gasteiger partial charge is 0.165 e. The van der Waals surface area contributed by atoms with Crippen LogP contribution in [0.3, 0.4) is 0 Å². The first-order valence-electron chi connectivity index (χ1n) is 9.77. The molecule has 2 aliphatic heterocycles. The lowest BCUT2D eigenvalue weighted by Gasteiger charge is -2.36. The lowest BCUT2D eigenvalue weighted by molar-refractivity contribution is 0.291. The fourth-order valence-electron chi connectivity index (χ4n) is 3.53. The Bertz CT molecular complexity index is 910. The Labute approximate surface area is 181 Å². The number of hydrogen-bond donors (Lipinski definition) is 1. The Morgan fingerprint density at radius 3 is 2.72 bits per heavy atom. The van der Waals surface area contributed by atoms with Crippen LogP contribution in [0.4, 0.5) is 5.69 Å². The highest BCUT2D eigenvalue weighted by molar-refractivity contribution is 7.80. The molecule has 0 unspecified atom stereocenters. The molecule has 0 spiro atoms. The van der Waals surface area contributed by atoms with Gasteiger partial charge in [-0.3, -0.25) is 15.3 Å². The molecule has 1 N–H and O–H groups in total. The van der Waals surface area contributed by atoms with Crippen molar-refractivity contribution in [1.82, 2.24) is 15.3 Å². The average molecular weight is 430 g/mol. The molecule has 29 heavy (non-hydrogen) atoms. The number of nitrogens with zero attached hydrogens (tertiary/aromatic N) is 4. The van der Waals surface area contributed by atoms with Crippen molar-refractivity contribution in [2.75, 3.05) is 44.2 Å². The van der Waals surface area contributed by atoms with Crippen molar-refractivity contribution in [2.45, 2.75) is 13.3 Å². The lowest BCUT2D eigenvalue weighted by atomic mass is 10.1. The van der Waals surface area contributed by atoms with Crippen molar-refractivity contribution in [3.63, 3.8) is 0 Å². The van der Waals surface area contributed by atoms with Crippen LogP contribution >= 0.6 is 23.8 Å². The Balaban J connectivity index is 1.30. The van der Waals surface area contributed by atoms with Crippen LogP contribution in [0.5, 0.6) is 5.75 Å². The third-order valence-electron chi connectivity index (χ3n) is 5.17. The van der Waals surface area contributed by atoms with E-state index in [9.17, 15) is 0 Å². The number of rotatable bonds is 4. The quantitative estimate of drug-likeness (QED) is 0.594. The van der Waals surface area contributed by atoms with Crippen LogP contribution in [0.2, 0.25) is 5.02 Å². The van der Waals surface area contributed by atoms with Gasteiger partial charge in [0.05, 0.1) is 23.9 Å². The SMILES string of the molecule is Cc1ccc(N2CCN(CC(=S)N/N=C3/CCOc4c(Cl)ccnc43)CC2)cc1. The van der Waals surface area contributed by atoms with Crippen LogP contribution in [0.25, 0.3) is 0 Å². The third-order valence-corrected chi connectivity index (χ3v) is 5.69. The second kappa shape index (κ2) is 9.07. The summed E-state index contributed by atoms with van der Waals surface area (Å²) in [5.74, 6) is 0.596. The maximum atomic E-state index is 6.19. The number of nitrogens with one attached hydrogen (secondary N) is 1. The molecule has 152 valence electrons. The molecule has 0 radical (unpaired) electrons. The summed E-state index contributed by atoms with van der Waals surface area (Å²) in [6.07, 6.45) is 2.34. The predicted molar refractivity (Wildman–Crippen MR) is 121 cm³/mol. The number of benzene rings is 1. The molecule has 2 aliphatic rings. The number of aryl methyl sites for hydroxylation is 1. The molecule has 0 aliphatic carbocycles. The van der Waals surface area contributed by atoms with E-state index in [1.54, 1.807) is 12.3 Å². The summed E-state index contributed by atoms with van der Waals surface area (Å²) >= 11 is 11.7. The minimum absolute atomic E-state index is 0.534. The lowest BCUT2D eigenvalue weighted by Crippen LogP contribution is -2.49. The van der Waals surface area contributed by atoms with Crippen molar-refractivity contribution in [2.24, 2.45) is 5.10 Å².